The van der Waals surface area contributed by atoms with Gasteiger partial charge in [-0.3, -0.25) is 14.2 Å². The lowest BCUT2D eigenvalue weighted by molar-refractivity contribution is -0.113. The molecule has 0 bridgehead atoms. The minimum absolute atomic E-state index is 0.0431. The Hall–Kier alpha value is -3.79. The Balaban J connectivity index is 1.66. The molecule has 168 valence electrons. The van der Waals surface area contributed by atoms with Gasteiger partial charge in [0.25, 0.3) is 5.56 Å². The van der Waals surface area contributed by atoms with Gasteiger partial charge < -0.3 is 10.1 Å². The molecular formula is C23H16F3N3O3S. The fourth-order valence-corrected chi connectivity index (χ4v) is 3.91. The maximum atomic E-state index is 13.8. The van der Waals surface area contributed by atoms with E-state index in [4.69, 9.17) is 0 Å². The average Bonchev–Trinajstić information content (AvgIpc) is 2.80. The molecule has 0 aliphatic heterocycles. The average molecular weight is 471 g/mol. The number of alkyl halides is 2. The first-order valence-electron chi connectivity index (χ1n) is 9.66. The van der Waals surface area contributed by atoms with Gasteiger partial charge in [-0.15, -0.1) is 0 Å². The molecule has 3 aromatic carbocycles. The molecule has 1 heterocycles. The molecule has 0 saturated heterocycles. The Bertz CT molecular complexity index is 1360. The lowest BCUT2D eigenvalue weighted by Crippen LogP contribution is -2.23. The van der Waals surface area contributed by atoms with Crippen molar-refractivity contribution in [2.24, 2.45) is 0 Å². The summed E-state index contributed by atoms with van der Waals surface area (Å²) in [6.07, 6.45) is 0. The molecular weight excluding hydrogens is 455 g/mol. The first-order valence-corrected chi connectivity index (χ1v) is 10.6. The molecule has 33 heavy (non-hydrogen) atoms. The third kappa shape index (κ3) is 5.17. The maximum Gasteiger partial charge on any atom is 0.387 e. The Kier molecular flexibility index (Phi) is 6.64. The Morgan fingerprint density at radius 2 is 1.73 bits per heavy atom. The first kappa shape index (κ1) is 22.4. The number of fused-ring (bicyclic) bond motifs is 1. The van der Waals surface area contributed by atoms with Crippen LogP contribution in [-0.2, 0) is 4.79 Å². The van der Waals surface area contributed by atoms with Crippen LogP contribution in [0.25, 0.3) is 16.6 Å². The van der Waals surface area contributed by atoms with E-state index in [0.717, 1.165) is 11.8 Å². The van der Waals surface area contributed by atoms with Gasteiger partial charge in [0.05, 0.1) is 28.0 Å². The molecule has 0 unspecified atom stereocenters. The van der Waals surface area contributed by atoms with E-state index in [-0.39, 0.29) is 27.9 Å². The number of aromatic nitrogens is 2. The number of ether oxygens (including phenoxy) is 1. The van der Waals surface area contributed by atoms with E-state index in [1.165, 1.54) is 47.0 Å². The topological polar surface area (TPSA) is 73.2 Å². The lowest BCUT2D eigenvalue weighted by atomic mass is 10.2. The second-order valence-electron chi connectivity index (χ2n) is 6.74. The number of nitrogens with one attached hydrogen (secondary N) is 1. The van der Waals surface area contributed by atoms with Crippen LogP contribution in [-0.4, -0.2) is 27.8 Å². The van der Waals surface area contributed by atoms with E-state index in [0.29, 0.717) is 16.6 Å². The fourth-order valence-electron chi connectivity index (χ4n) is 3.09. The van der Waals surface area contributed by atoms with Crippen molar-refractivity contribution in [3.63, 3.8) is 0 Å². The van der Waals surface area contributed by atoms with E-state index >= 15 is 0 Å². The van der Waals surface area contributed by atoms with Crippen molar-refractivity contribution in [3.8, 4) is 11.4 Å². The molecule has 0 spiro atoms. The van der Waals surface area contributed by atoms with Gasteiger partial charge in [-0.05, 0) is 48.5 Å². The number of rotatable bonds is 7. The number of halogens is 3. The molecule has 0 aliphatic carbocycles. The highest BCUT2D eigenvalue weighted by atomic mass is 32.2. The summed E-state index contributed by atoms with van der Waals surface area (Å²) >= 11 is 0.985. The van der Waals surface area contributed by atoms with Crippen LogP contribution >= 0.6 is 11.8 Å². The molecule has 1 N–H and O–H groups in total. The highest BCUT2D eigenvalue weighted by Gasteiger charge is 2.16. The number of hydrogen-bond acceptors (Lipinski definition) is 5. The summed E-state index contributed by atoms with van der Waals surface area (Å²) in [6, 6.07) is 18.0. The van der Waals surface area contributed by atoms with Gasteiger partial charge in [0, 0.05) is 0 Å². The highest BCUT2D eigenvalue weighted by Crippen LogP contribution is 2.24. The van der Waals surface area contributed by atoms with Crippen molar-refractivity contribution < 1.29 is 22.7 Å². The molecule has 4 rings (SSSR count). The molecule has 0 saturated carbocycles. The van der Waals surface area contributed by atoms with Crippen LogP contribution in [0.15, 0.2) is 82.7 Å². The quantitative estimate of drug-likeness (QED) is 0.308. The number of carbonyl (C=O) groups is 1. The first-order chi connectivity index (χ1) is 15.9. The van der Waals surface area contributed by atoms with E-state index in [2.05, 4.69) is 15.0 Å². The zero-order valence-electron chi connectivity index (χ0n) is 16.9. The van der Waals surface area contributed by atoms with Crippen LogP contribution < -0.4 is 15.6 Å². The second-order valence-corrected chi connectivity index (χ2v) is 7.68. The number of hydrogen-bond donors (Lipinski definition) is 1. The van der Waals surface area contributed by atoms with Crippen molar-refractivity contribution in [1.82, 2.24) is 9.55 Å². The van der Waals surface area contributed by atoms with Crippen LogP contribution in [0.5, 0.6) is 5.75 Å². The summed E-state index contributed by atoms with van der Waals surface area (Å²) in [5.41, 5.74) is 0.451. The number of anilines is 1. The van der Waals surface area contributed by atoms with E-state index < -0.39 is 18.3 Å². The molecule has 4 aromatic rings. The SMILES string of the molecule is O=C(CSc1nc2ccccc2c(=O)n1-c1ccc(OC(F)F)cc1)Nc1ccccc1F. The van der Waals surface area contributed by atoms with Crippen LogP contribution in [0, 0.1) is 5.82 Å². The van der Waals surface area contributed by atoms with Crippen LogP contribution in [0.1, 0.15) is 0 Å². The summed E-state index contributed by atoms with van der Waals surface area (Å²) in [5, 5.41) is 3.04. The molecule has 6 nitrogen and oxygen atoms in total. The summed E-state index contributed by atoms with van der Waals surface area (Å²) in [7, 11) is 0. The Morgan fingerprint density at radius 3 is 2.45 bits per heavy atom. The van der Waals surface area contributed by atoms with Crippen molar-refractivity contribution in [3.05, 3.63) is 89.0 Å². The predicted octanol–water partition coefficient (Wildman–Crippen LogP) is 4.86. The molecule has 1 aromatic heterocycles. The molecule has 0 aliphatic rings. The smallest absolute Gasteiger partial charge is 0.387 e. The van der Waals surface area contributed by atoms with Gasteiger partial charge in [-0.1, -0.05) is 36.0 Å². The predicted molar refractivity (Wildman–Crippen MR) is 120 cm³/mol. The van der Waals surface area contributed by atoms with Gasteiger partial charge in [-0.2, -0.15) is 8.78 Å². The maximum absolute atomic E-state index is 13.8. The minimum atomic E-state index is -2.97. The van der Waals surface area contributed by atoms with Gasteiger partial charge in [0.15, 0.2) is 5.16 Å². The van der Waals surface area contributed by atoms with E-state index in [1.54, 1.807) is 30.3 Å². The fraction of sp³-hybridized carbons (Fsp3) is 0.0870. The Morgan fingerprint density at radius 1 is 1.03 bits per heavy atom. The summed E-state index contributed by atoms with van der Waals surface area (Å²) in [6.45, 7) is -2.97. The van der Waals surface area contributed by atoms with Crippen molar-refractivity contribution in [1.29, 1.82) is 0 Å². The number of thioether (sulfide) groups is 1. The number of nitrogens with zero attached hydrogens (tertiary/aromatic N) is 2. The zero-order chi connectivity index (χ0) is 23.4. The molecule has 0 fully saturated rings. The molecule has 0 radical (unpaired) electrons. The number of benzene rings is 3. The summed E-state index contributed by atoms with van der Waals surface area (Å²) in [4.78, 5) is 30.1. The molecule has 1 amide bonds. The Labute approximate surface area is 190 Å². The zero-order valence-corrected chi connectivity index (χ0v) is 17.7. The highest BCUT2D eigenvalue weighted by molar-refractivity contribution is 7.99. The minimum Gasteiger partial charge on any atom is -0.435 e. The van der Waals surface area contributed by atoms with Crippen LogP contribution in [0.4, 0.5) is 18.9 Å². The van der Waals surface area contributed by atoms with Gasteiger partial charge in [-0.25, -0.2) is 9.37 Å². The summed E-state index contributed by atoms with van der Waals surface area (Å²) < 4.78 is 44.3. The second kappa shape index (κ2) is 9.78. The standard InChI is InChI=1S/C23H16F3N3O3S/c24-17-6-2-4-8-19(17)27-20(30)13-33-23-28-18-7-3-1-5-16(18)21(31)29(23)14-9-11-15(12-10-14)32-22(25)26/h1-12,22H,13H2,(H,27,30). The third-order valence-corrected chi connectivity index (χ3v) is 5.48. The van der Waals surface area contributed by atoms with Crippen molar-refractivity contribution in [2.75, 3.05) is 11.1 Å². The van der Waals surface area contributed by atoms with E-state index in [9.17, 15) is 22.8 Å². The van der Waals surface area contributed by atoms with E-state index in [1.807, 2.05) is 0 Å². The number of para-hydroxylation sites is 2. The van der Waals surface area contributed by atoms with Gasteiger partial charge in [0.1, 0.15) is 11.6 Å². The number of carbonyl (C=O) groups excluding carboxylic acids is 1. The van der Waals surface area contributed by atoms with Crippen LogP contribution in [0.3, 0.4) is 0 Å². The summed E-state index contributed by atoms with van der Waals surface area (Å²) in [5.74, 6) is -1.26. The largest absolute Gasteiger partial charge is 0.435 e. The lowest BCUT2D eigenvalue weighted by Gasteiger charge is -2.14. The van der Waals surface area contributed by atoms with Gasteiger partial charge in [0.2, 0.25) is 5.91 Å². The van der Waals surface area contributed by atoms with Crippen LogP contribution in [0.2, 0.25) is 0 Å². The monoisotopic (exact) mass is 471 g/mol. The number of amides is 1. The third-order valence-electron chi connectivity index (χ3n) is 4.55. The van der Waals surface area contributed by atoms with Crippen molar-refractivity contribution in [2.45, 2.75) is 11.8 Å². The van der Waals surface area contributed by atoms with Gasteiger partial charge >= 0.3 is 6.61 Å². The molecule has 10 heteroatoms. The van der Waals surface area contributed by atoms with Crippen molar-refractivity contribution >= 4 is 34.3 Å². The molecule has 0 atom stereocenters. The normalized spacial score (nSPS) is 11.0.